The lowest BCUT2D eigenvalue weighted by molar-refractivity contribution is -0.123. The van der Waals surface area contributed by atoms with Crippen LogP contribution in [0.4, 0.5) is 17.6 Å². The minimum atomic E-state index is -3.25. The molecule has 0 spiro atoms. The first kappa shape index (κ1) is 27.2. The Kier molecular flexibility index (Phi) is 9.89. The van der Waals surface area contributed by atoms with E-state index in [4.69, 9.17) is 11.6 Å². The summed E-state index contributed by atoms with van der Waals surface area (Å²) in [5.74, 6) is -1.39. The van der Waals surface area contributed by atoms with Crippen LogP contribution < -0.4 is 20.1 Å². The minimum Gasteiger partial charge on any atom is -0.431 e. The van der Waals surface area contributed by atoms with Crippen molar-refractivity contribution in [3.05, 3.63) is 88.7 Å². The molecule has 1 amide bonds. The number of likely N-dealkylation sites (N-methyl/N-ethyl adjacent to an activating group) is 1. The van der Waals surface area contributed by atoms with Crippen LogP contribution >= 0.6 is 11.6 Å². The smallest absolute Gasteiger partial charge is 0.387 e. The minimum absolute atomic E-state index is 0.318. The molecular weight excluding hydrogens is 502 g/mol. The quantitative estimate of drug-likeness (QED) is 0.235. The second-order valence-corrected chi connectivity index (χ2v) is 8.06. The predicted octanol–water partition coefficient (Wildman–Crippen LogP) is 5.69. The average Bonchev–Trinajstić information content (AvgIpc) is 2.86. The highest BCUT2D eigenvalue weighted by molar-refractivity contribution is 6.29. The van der Waals surface area contributed by atoms with Gasteiger partial charge in [-0.05, 0) is 47.7 Å². The summed E-state index contributed by atoms with van der Waals surface area (Å²) in [6.45, 7) is -6.48. The number of nitrogens with zero attached hydrogens (tertiary/aromatic N) is 1. The van der Waals surface area contributed by atoms with E-state index >= 15 is 0 Å². The van der Waals surface area contributed by atoms with E-state index in [1.807, 2.05) is 6.07 Å². The van der Waals surface area contributed by atoms with Gasteiger partial charge < -0.3 is 14.8 Å². The van der Waals surface area contributed by atoms with Crippen LogP contribution in [0.2, 0.25) is 5.15 Å². The lowest BCUT2D eigenvalue weighted by Crippen LogP contribution is -2.38. The molecule has 0 radical (unpaired) electrons. The van der Waals surface area contributed by atoms with Crippen molar-refractivity contribution in [2.75, 3.05) is 7.05 Å². The van der Waals surface area contributed by atoms with Crippen LogP contribution in [-0.2, 0) is 11.2 Å². The van der Waals surface area contributed by atoms with Crippen molar-refractivity contribution in [1.82, 2.24) is 15.6 Å². The Labute approximate surface area is 210 Å². The monoisotopic (exact) mass is 525 g/mol. The van der Waals surface area contributed by atoms with Crippen molar-refractivity contribution in [1.29, 1.82) is 0 Å². The largest absolute Gasteiger partial charge is 0.431 e. The molecule has 192 valence electrons. The highest BCUT2D eigenvalue weighted by Gasteiger charge is 2.25. The lowest BCUT2D eigenvalue weighted by atomic mass is 9.96. The molecule has 2 atom stereocenters. The molecule has 0 saturated carbocycles. The fraction of sp³-hybridized carbons (Fsp3) is 0.280. The van der Waals surface area contributed by atoms with E-state index in [0.29, 0.717) is 29.1 Å². The van der Waals surface area contributed by atoms with E-state index < -0.39 is 36.8 Å². The number of benzene rings is 2. The van der Waals surface area contributed by atoms with Crippen molar-refractivity contribution < 1.29 is 31.8 Å². The molecule has 2 aromatic carbocycles. The van der Waals surface area contributed by atoms with Crippen LogP contribution in [-0.4, -0.2) is 31.2 Å². The number of hydrogen-bond acceptors (Lipinski definition) is 5. The number of amides is 1. The molecule has 11 heteroatoms. The Hall–Kier alpha value is -3.37. The Balaban J connectivity index is 1.97. The Morgan fingerprint density at radius 3 is 2.25 bits per heavy atom. The molecular formula is C25H24ClF4N3O3. The highest BCUT2D eigenvalue weighted by Crippen LogP contribution is 2.35. The molecule has 3 rings (SSSR count). The maximum Gasteiger partial charge on any atom is 0.387 e. The molecule has 6 nitrogen and oxygen atoms in total. The predicted molar refractivity (Wildman–Crippen MR) is 126 cm³/mol. The van der Waals surface area contributed by atoms with Crippen molar-refractivity contribution in [2.24, 2.45) is 0 Å². The third-order valence-corrected chi connectivity index (χ3v) is 5.55. The van der Waals surface area contributed by atoms with E-state index in [2.05, 4.69) is 25.1 Å². The van der Waals surface area contributed by atoms with Gasteiger partial charge in [-0.1, -0.05) is 54.1 Å². The van der Waals surface area contributed by atoms with Crippen LogP contribution in [0.5, 0.6) is 11.5 Å². The summed E-state index contributed by atoms with van der Waals surface area (Å²) in [5.41, 5.74) is 1.96. The summed E-state index contributed by atoms with van der Waals surface area (Å²) in [4.78, 5) is 16.8. The van der Waals surface area contributed by atoms with Crippen molar-refractivity contribution in [3.8, 4) is 11.5 Å². The van der Waals surface area contributed by atoms with E-state index in [1.54, 1.807) is 42.6 Å². The van der Waals surface area contributed by atoms with E-state index in [0.717, 1.165) is 11.6 Å². The van der Waals surface area contributed by atoms with Crippen LogP contribution in [0.25, 0.3) is 0 Å². The third kappa shape index (κ3) is 7.82. The standard InChI is InChI=1S/C25H24ClF4N3O3/c1-31-23(34)22(16-5-3-2-4-6-16)33-18(10-7-15-8-12-21(26)32-14-15)17-9-11-19(35-24(27)28)20(13-17)36-25(29)30/h2-6,8-9,11-14,18,22,24-25,33H,7,10H2,1H3,(H,31,34)/t18-,22+/m1/s1. The Bertz CT molecular complexity index is 1120. The first-order valence-electron chi connectivity index (χ1n) is 10.9. The normalized spacial score (nSPS) is 12.9. The summed E-state index contributed by atoms with van der Waals surface area (Å²) in [7, 11) is 1.50. The van der Waals surface area contributed by atoms with Crippen molar-refractivity contribution >= 4 is 17.5 Å². The number of pyridine rings is 1. The maximum atomic E-state index is 13.0. The summed E-state index contributed by atoms with van der Waals surface area (Å²) in [5, 5.41) is 6.22. The molecule has 2 N–H and O–H groups in total. The summed E-state index contributed by atoms with van der Waals surface area (Å²) >= 11 is 5.86. The Morgan fingerprint density at radius 1 is 0.944 bits per heavy atom. The van der Waals surface area contributed by atoms with Gasteiger partial charge in [0.25, 0.3) is 0 Å². The van der Waals surface area contributed by atoms with E-state index in [-0.39, 0.29) is 5.91 Å². The molecule has 0 aliphatic carbocycles. The van der Waals surface area contributed by atoms with E-state index in [1.165, 1.54) is 19.2 Å². The van der Waals surface area contributed by atoms with Gasteiger partial charge in [0, 0.05) is 19.3 Å². The van der Waals surface area contributed by atoms with Gasteiger partial charge in [-0.15, -0.1) is 0 Å². The molecule has 3 aromatic rings. The van der Waals surface area contributed by atoms with Gasteiger partial charge >= 0.3 is 13.2 Å². The number of halogens is 5. The summed E-state index contributed by atoms with van der Waals surface area (Å²) < 4.78 is 60.4. The SMILES string of the molecule is CNC(=O)[C@@H](N[C@H](CCc1ccc(Cl)nc1)c1ccc(OC(F)F)c(OC(F)F)c1)c1ccccc1. The first-order valence-corrected chi connectivity index (χ1v) is 11.3. The number of aryl methyl sites for hydroxylation is 1. The number of ether oxygens (including phenoxy) is 2. The topological polar surface area (TPSA) is 72.5 Å². The van der Waals surface area contributed by atoms with Gasteiger partial charge in [0.1, 0.15) is 11.2 Å². The molecule has 1 aromatic heterocycles. The molecule has 0 aliphatic heterocycles. The van der Waals surface area contributed by atoms with Gasteiger partial charge in [-0.2, -0.15) is 17.6 Å². The van der Waals surface area contributed by atoms with Crippen LogP contribution in [0.1, 0.15) is 35.2 Å². The van der Waals surface area contributed by atoms with Gasteiger partial charge in [0.2, 0.25) is 5.91 Å². The van der Waals surface area contributed by atoms with Crippen LogP contribution in [0, 0.1) is 0 Å². The number of hydrogen-bond donors (Lipinski definition) is 2. The zero-order valence-electron chi connectivity index (χ0n) is 19.1. The van der Waals surface area contributed by atoms with E-state index in [9.17, 15) is 22.4 Å². The fourth-order valence-electron chi connectivity index (χ4n) is 3.65. The number of rotatable bonds is 12. The zero-order chi connectivity index (χ0) is 26.1. The van der Waals surface area contributed by atoms with Gasteiger partial charge in [-0.3, -0.25) is 10.1 Å². The molecule has 0 fully saturated rings. The number of nitrogens with one attached hydrogen (secondary N) is 2. The zero-order valence-corrected chi connectivity index (χ0v) is 19.9. The van der Waals surface area contributed by atoms with Crippen molar-refractivity contribution in [3.63, 3.8) is 0 Å². The second-order valence-electron chi connectivity index (χ2n) is 7.67. The molecule has 0 aliphatic rings. The second kappa shape index (κ2) is 13.1. The molecule has 1 heterocycles. The first-order chi connectivity index (χ1) is 17.3. The van der Waals surface area contributed by atoms with Crippen molar-refractivity contribution in [2.45, 2.75) is 38.1 Å². The van der Waals surface area contributed by atoms with Gasteiger partial charge in [0.05, 0.1) is 0 Å². The third-order valence-electron chi connectivity index (χ3n) is 5.32. The Morgan fingerprint density at radius 2 is 1.64 bits per heavy atom. The highest BCUT2D eigenvalue weighted by atomic mass is 35.5. The molecule has 0 bridgehead atoms. The van der Waals surface area contributed by atoms with Gasteiger partial charge in [-0.25, -0.2) is 4.98 Å². The summed E-state index contributed by atoms with van der Waals surface area (Å²) in [6, 6.07) is 14.8. The summed E-state index contributed by atoms with van der Waals surface area (Å²) in [6.07, 6.45) is 2.49. The van der Waals surface area contributed by atoms with Crippen LogP contribution in [0.3, 0.4) is 0 Å². The molecule has 36 heavy (non-hydrogen) atoms. The van der Waals surface area contributed by atoms with Gasteiger partial charge in [0.15, 0.2) is 11.5 Å². The average molecular weight is 526 g/mol. The number of aromatic nitrogens is 1. The molecule has 0 unspecified atom stereocenters. The maximum absolute atomic E-state index is 13.0. The molecule has 0 saturated heterocycles. The van der Waals surface area contributed by atoms with Crippen LogP contribution in [0.15, 0.2) is 66.9 Å². The number of carbonyl (C=O) groups is 1. The number of alkyl halides is 4. The number of carbonyl (C=O) groups excluding carboxylic acids is 1. The fourth-order valence-corrected chi connectivity index (χ4v) is 3.76. The lowest BCUT2D eigenvalue weighted by Gasteiger charge is -2.26.